The topological polar surface area (TPSA) is 84.9 Å². The number of nitrogens with one attached hydrogen (secondary N) is 1. The van der Waals surface area contributed by atoms with Gasteiger partial charge in [-0.1, -0.05) is 63.9 Å². The number of amides is 2. The van der Waals surface area contributed by atoms with E-state index in [-0.39, 0.29) is 18.9 Å². The summed E-state index contributed by atoms with van der Waals surface area (Å²) in [4.78, 5) is 39.0. The third-order valence-corrected chi connectivity index (χ3v) is 6.94. The van der Waals surface area contributed by atoms with Gasteiger partial charge in [0.15, 0.2) is 6.61 Å². The maximum Gasteiger partial charge on any atom is 0.311 e. The smallest absolute Gasteiger partial charge is 0.311 e. The maximum absolute atomic E-state index is 12.6. The summed E-state index contributed by atoms with van der Waals surface area (Å²) in [5, 5.41) is 5.04. The molecule has 38 heavy (non-hydrogen) atoms. The van der Waals surface area contributed by atoms with E-state index < -0.39 is 24.4 Å². The minimum absolute atomic E-state index is 0.00719. The molecular formula is C29H22BrClN2O5. The van der Waals surface area contributed by atoms with Gasteiger partial charge in [-0.2, -0.15) is 0 Å². The Morgan fingerprint density at radius 3 is 2.55 bits per heavy atom. The van der Waals surface area contributed by atoms with Crippen LogP contribution < -0.4 is 15.0 Å². The van der Waals surface area contributed by atoms with Crippen molar-refractivity contribution in [2.45, 2.75) is 6.42 Å². The van der Waals surface area contributed by atoms with Crippen LogP contribution in [0.1, 0.15) is 6.42 Å². The van der Waals surface area contributed by atoms with Gasteiger partial charge in [-0.05, 0) is 53.9 Å². The second-order valence-corrected chi connectivity index (χ2v) is 10.1. The lowest BCUT2D eigenvalue weighted by Crippen LogP contribution is -2.28. The van der Waals surface area contributed by atoms with Crippen LogP contribution in [-0.2, 0) is 19.1 Å². The molecule has 0 bridgehead atoms. The number of carbonyl (C=O) groups excluding carboxylic acids is 3. The van der Waals surface area contributed by atoms with E-state index in [0.29, 0.717) is 22.1 Å². The molecule has 7 nitrogen and oxygen atoms in total. The third kappa shape index (κ3) is 5.82. The summed E-state index contributed by atoms with van der Waals surface area (Å²) in [7, 11) is 0. The zero-order valence-corrected chi connectivity index (χ0v) is 22.4. The number of hydrogen-bond acceptors (Lipinski definition) is 5. The predicted molar refractivity (Wildman–Crippen MR) is 150 cm³/mol. The van der Waals surface area contributed by atoms with E-state index in [1.807, 2.05) is 42.5 Å². The van der Waals surface area contributed by atoms with Crippen LogP contribution >= 0.6 is 27.5 Å². The van der Waals surface area contributed by atoms with Gasteiger partial charge in [-0.25, -0.2) is 0 Å². The minimum Gasteiger partial charge on any atom is -0.457 e. The monoisotopic (exact) mass is 592 g/mol. The molecule has 1 atom stereocenters. The number of anilines is 2. The Morgan fingerprint density at radius 2 is 1.76 bits per heavy atom. The number of hydrogen-bond donors (Lipinski definition) is 1. The maximum atomic E-state index is 12.6. The number of benzene rings is 4. The van der Waals surface area contributed by atoms with E-state index in [4.69, 9.17) is 21.1 Å². The molecule has 0 aromatic heterocycles. The molecule has 0 saturated carbocycles. The number of rotatable bonds is 7. The number of nitrogens with zero attached hydrogens (tertiary/aromatic N) is 1. The summed E-state index contributed by atoms with van der Waals surface area (Å²) < 4.78 is 12.0. The van der Waals surface area contributed by atoms with Crippen molar-refractivity contribution in [2.75, 3.05) is 23.4 Å². The molecule has 0 unspecified atom stereocenters. The van der Waals surface area contributed by atoms with Crippen LogP contribution in [0.3, 0.4) is 0 Å². The number of esters is 1. The fourth-order valence-electron chi connectivity index (χ4n) is 4.25. The van der Waals surface area contributed by atoms with Crippen molar-refractivity contribution in [1.29, 1.82) is 0 Å². The van der Waals surface area contributed by atoms with Crippen LogP contribution in [0.25, 0.3) is 10.8 Å². The van der Waals surface area contributed by atoms with Gasteiger partial charge in [0.2, 0.25) is 5.91 Å². The molecule has 1 N–H and O–H groups in total. The quantitative estimate of drug-likeness (QED) is 0.245. The minimum atomic E-state index is -0.668. The number of fused-ring (bicyclic) bond motifs is 1. The molecule has 2 amide bonds. The van der Waals surface area contributed by atoms with E-state index in [9.17, 15) is 14.4 Å². The Hall–Kier alpha value is -3.88. The lowest BCUT2D eigenvalue weighted by atomic mass is 10.1. The largest absolute Gasteiger partial charge is 0.457 e. The highest BCUT2D eigenvalue weighted by Crippen LogP contribution is 2.32. The van der Waals surface area contributed by atoms with Gasteiger partial charge in [-0.3, -0.25) is 14.4 Å². The summed E-state index contributed by atoms with van der Waals surface area (Å²) in [6, 6.07) is 26.0. The van der Waals surface area contributed by atoms with Gasteiger partial charge in [0, 0.05) is 28.5 Å². The van der Waals surface area contributed by atoms with Crippen LogP contribution in [-0.4, -0.2) is 30.9 Å². The average Bonchev–Trinajstić information content (AvgIpc) is 3.31. The lowest BCUT2D eigenvalue weighted by Gasteiger charge is -2.17. The summed E-state index contributed by atoms with van der Waals surface area (Å²) >= 11 is 9.40. The Balaban J connectivity index is 1.16. The van der Waals surface area contributed by atoms with Gasteiger partial charge in [0.1, 0.15) is 11.5 Å². The highest BCUT2D eigenvalue weighted by Gasteiger charge is 2.36. The van der Waals surface area contributed by atoms with E-state index in [0.717, 1.165) is 21.0 Å². The first-order chi connectivity index (χ1) is 18.4. The zero-order valence-electron chi connectivity index (χ0n) is 20.0. The van der Waals surface area contributed by atoms with Crippen molar-refractivity contribution in [1.82, 2.24) is 0 Å². The van der Waals surface area contributed by atoms with E-state index in [1.165, 1.54) is 4.90 Å². The summed E-state index contributed by atoms with van der Waals surface area (Å²) in [5.41, 5.74) is 1.06. The standard InChI is InChI=1S/C29H22BrClN2O5/c30-20-8-13-25(24(31)15-20)32-27(34)17-37-29(36)19-14-28(35)33(16-19)21-9-11-22(12-10-21)38-26-7-3-5-18-4-1-2-6-23(18)26/h1-13,15,19H,14,16-17H2,(H,32,34)/t19-/m0/s1. The summed E-state index contributed by atoms with van der Waals surface area (Å²) in [6.45, 7) is -0.308. The van der Waals surface area contributed by atoms with Gasteiger partial charge in [0.25, 0.3) is 5.91 Å². The average molecular weight is 594 g/mol. The normalized spacial score (nSPS) is 14.9. The molecule has 1 aliphatic heterocycles. The van der Waals surface area contributed by atoms with Crippen molar-refractivity contribution in [3.63, 3.8) is 0 Å². The van der Waals surface area contributed by atoms with Crippen molar-refractivity contribution >= 4 is 67.5 Å². The van der Waals surface area contributed by atoms with Crippen molar-refractivity contribution in [3.8, 4) is 11.5 Å². The van der Waals surface area contributed by atoms with Crippen molar-refractivity contribution in [3.05, 3.63) is 94.4 Å². The van der Waals surface area contributed by atoms with Crippen LogP contribution in [0.4, 0.5) is 11.4 Å². The summed E-state index contributed by atoms with van der Waals surface area (Å²) in [5.74, 6) is -0.620. The van der Waals surface area contributed by atoms with E-state index in [2.05, 4.69) is 21.2 Å². The molecule has 0 spiro atoms. The fourth-order valence-corrected chi connectivity index (χ4v) is 4.97. The number of carbonyl (C=O) groups is 3. The summed E-state index contributed by atoms with van der Waals surface area (Å²) in [6.07, 6.45) is 0.00719. The number of ether oxygens (including phenoxy) is 2. The molecule has 0 aliphatic carbocycles. The fraction of sp³-hybridized carbons (Fsp3) is 0.138. The molecule has 1 saturated heterocycles. The Labute approximate surface area is 232 Å². The molecule has 0 radical (unpaired) electrons. The highest BCUT2D eigenvalue weighted by atomic mass is 79.9. The highest BCUT2D eigenvalue weighted by molar-refractivity contribution is 9.10. The second-order valence-electron chi connectivity index (χ2n) is 8.76. The van der Waals surface area contributed by atoms with Gasteiger partial charge < -0.3 is 19.7 Å². The lowest BCUT2D eigenvalue weighted by molar-refractivity contribution is -0.151. The first-order valence-electron chi connectivity index (χ1n) is 11.8. The molecule has 1 aliphatic rings. The van der Waals surface area contributed by atoms with Crippen LogP contribution in [0.15, 0.2) is 89.4 Å². The molecule has 5 rings (SSSR count). The Morgan fingerprint density at radius 1 is 1.00 bits per heavy atom. The first kappa shape index (κ1) is 25.8. The molecule has 192 valence electrons. The Bertz CT molecular complexity index is 1520. The number of halogens is 2. The molecular weight excluding hydrogens is 572 g/mol. The van der Waals surface area contributed by atoms with Gasteiger partial charge in [-0.15, -0.1) is 0 Å². The molecule has 9 heteroatoms. The van der Waals surface area contributed by atoms with Gasteiger partial charge in [0.05, 0.1) is 16.6 Å². The SMILES string of the molecule is O=C(COC(=O)[C@H]1CC(=O)N(c2ccc(Oc3cccc4ccccc34)cc2)C1)Nc1ccc(Br)cc1Cl. The van der Waals surface area contributed by atoms with Crippen molar-refractivity contribution < 1.29 is 23.9 Å². The Kier molecular flexibility index (Phi) is 7.62. The zero-order chi connectivity index (χ0) is 26.6. The second kappa shape index (κ2) is 11.2. The molecule has 1 fully saturated rings. The van der Waals surface area contributed by atoms with Crippen LogP contribution in [0, 0.1) is 5.92 Å². The molecule has 1 heterocycles. The van der Waals surface area contributed by atoms with Crippen molar-refractivity contribution in [2.24, 2.45) is 5.92 Å². The predicted octanol–water partition coefficient (Wildman–Crippen LogP) is 6.58. The molecule has 4 aromatic rings. The van der Waals surface area contributed by atoms with Crippen LogP contribution in [0.2, 0.25) is 5.02 Å². The molecule has 4 aromatic carbocycles. The van der Waals surface area contributed by atoms with Crippen LogP contribution in [0.5, 0.6) is 11.5 Å². The van der Waals surface area contributed by atoms with E-state index >= 15 is 0 Å². The van der Waals surface area contributed by atoms with Gasteiger partial charge >= 0.3 is 5.97 Å². The third-order valence-electron chi connectivity index (χ3n) is 6.13. The van der Waals surface area contributed by atoms with E-state index in [1.54, 1.807) is 42.5 Å². The first-order valence-corrected chi connectivity index (χ1v) is 13.0.